The largest absolute Gasteiger partial charge is 0.395 e. The molecule has 2 nitrogen and oxygen atoms in total. The normalized spacial score (nSPS) is 13.1. The summed E-state index contributed by atoms with van der Waals surface area (Å²) in [5.41, 5.74) is 0.164. The van der Waals surface area contributed by atoms with Crippen LogP contribution in [0.5, 0.6) is 0 Å². The van der Waals surface area contributed by atoms with Gasteiger partial charge in [-0.25, -0.2) is 0 Å². The van der Waals surface area contributed by atoms with Gasteiger partial charge in [0.2, 0.25) is 0 Å². The summed E-state index contributed by atoms with van der Waals surface area (Å²) in [6, 6.07) is 0.502. The monoisotopic (exact) mass is 159 g/mol. The van der Waals surface area contributed by atoms with Gasteiger partial charge in [0, 0.05) is 18.1 Å². The second-order valence-electron chi connectivity index (χ2n) is 4.18. The fraction of sp³-hybridized carbons (Fsp3) is 1.00. The van der Waals surface area contributed by atoms with E-state index in [1.54, 1.807) is 0 Å². The topological polar surface area (TPSA) is 23.5 Å². The van der Waals surface area contributed by atoms with E-state index in [0.717, 1.165) is 6.54 Å². The van der Waals surface area contributed by atoms with Gasteiger partial charge in [-0.1, -0.05) is 0 Å². The molecule has 68 valence electrons. The Hall–Kier alpha value is -0.0800. The predicted octanol–water partition coefficient (Wildman–Crippen LogP) is 1.49. The van der Waals surface area contributed by atoms with Gasteiger partial charge in [0.15, 0.2) is 0 Å². The van der Waals surface area contributed by atoms with Gasteiger partial charge in [-0.15, -0.1) is 0 Å². The van der Waals surface area contributed by atoms with E-state index in [-0.39, 0.29) is 12.1 Å². The molecule has 0 bridgehead atoms. The Morgan fingerprint density at radius 2 is 1.73 bits per heavy atom. The number of aliphatic hydroxyl groups is 1. The van der Waals surface area contributed by atoms with Crippen molar-refractivity contribution in [2.24, 2.45) is 0 Å². The molecule has 0 atom stereocenters. The first-order chi connectivity index (χ1) is 4.89. The zero-order valence-corrected chi connectivity index (χ0v) is 8.39. The van der Waals surface area contributed by atoms with Gasteiger partial charge in [0.05, 0.1) is 6.61 Å². The molecule has 0 saturated carbocycles. The number of rotatable bonds is 3. The van der Waals surface area contributed by atoms with E-state index in [1.807, 2.05) is 0 Å². The minimum Gasteiger partial charge on any atom is -0.395 e. The molecule has 0 aromatic carbocycles. The minimum absolute atomic E-state index is 0.164. The third-order valence-electron chi connectivity index (χ3n) is 1.83. The average molecular weight is 159 g/mol. The number of β-amino-alcohol motifs (C(OH)–C–C–N with tert-alkyl or cyclic N) is 1. The fourth-order valence-corrected chi connectivity index (χ4v) is 1.48. The van der Waals surface area contributed by atoms with Crippen LogP contribution < -0.4 is 0 Å². The zero-order valence-electron chi connectivity index (χ0n) is 8.39. The highest BCUT2D eigenvalue weighted by atomic mass is 16.3. The number of hydrogen-bond donors (Lipinski definition) is 1. The van der Waals surface area contributed by atoms with Gasteiger partial charge in [0.25, 0.3) is 0 Å². The average Bonchev–Trinajstić information content (AvgIpc) is 1.79. The van der Waals surface area contributed by atoms with Crippen molar-refractivity contribution in [3.05, 3.63) is 0 Å². The lowest BCUT2D eigenvalue weighted by Crippen LogP contribution is -2.47. The molecule has 0 aliphatic rings. The Labute approximate surface area is 70.2 Å². The lowest BCUT2D eigenvalue weighted by molar-refractivity contribution is 0.0751. The maximum atomic E-state index is 8.81. The van der Waals surface area contributed by atoms with E-state index >= 15 is 0 Å². The van der Waals surface area contributed by atoms with Gasteiger partial charge in [-0.05, 0) is 34.6 Å². The molecule has 0 aliphatic carbocycles. The standard InChI is InChI=1S/C9H21NO/c1-8(2)10(6-7-11)9(3,4)5/h8,11H,6-7H2,1-5H3. The van der Waals surface area contributed by atoms with Crippen molar-refractivity contribution in [1.82, 2.24) is 4.90 Å². The summed E-state index contributed by atoms with van der Waals surface area (Å²) >= 11 is 0. The van der Waals surface area contributed by atoms with Crippen LogP contribution in [0, 0.1) is 0 Å². The zero-order chi connectivity index (χ0) is 9.07. The molecular weight excluding hydrogens is 138 g/mol. The Bertz CT molecular complexity index is 105. The van der Waals surface area contributed by atoms with Crippen molar-refractivity contribution in [2.75, 3.05) is 13.2 Å². The third-order valence-corrected chi connectivity index (χ3v) is 1.83. The van der Waals surface area contributed by atoms with E-state index in [9.17, 15) is 0 Å². The molecule has 0 aromatic rings. The van der Waals surface area contributed by atoms with Crippen LogP contribution in [-0.2, 0) is 0 Å². The summed E-state index contributed by atoms with van der Waals surface area (Å²) in [7, 11) is 0. The van der Waals surface area contributed by atoms with Crippen LogP contribution in [0.25, 0.3) is 0 Å². The summed E-state index contributed by atoms with van der Waals surface area (Å²) in [5, 5.41) is 8.81. The Morgan fingerprint density at radius 3 is 1.82 bits per heavy atom. The fourth-order valence-electron chi connectivity index (χ4n) is 1.48. The molecule has 0 aromatic heterocycles. The molecule has 0 aliphatic heterocycles. The van der Waals surface area contributed by atoms with Crippen LogP contribution in [0.4, 0.5) is 0 Å². The van der Waals surface area contributed by atoms with Crippen molar-refractivity contribution < 1.29 is 5.11 Å². The molecule has 0 unspecified atom stereocenters. The van der Waals surface area contributed by atoms with E-state index in [4.69, 9.17) is 5.11 Å². The smallest absolute Gasteiger partial charge is 0.0558 e. The number of hydrogen-bond acceptors (Lipinski definition) is 2. The van der Waals surface area contributed by atoms with E-state index < -0.39 is 0 Å². The Morgan fingerprint density at radius 1 is 1.27 bits per heavy atom. The van der Waals surface area contributed by atoms with Gasteiger partial charge < -0.3 is 5.11 Å². The Balaban J connectivity index is 4.10. The lowest BCUT2D eigenvalue weighted by Gasteiger charge is -2.38. The van der Waals surface area contributed by atoms with Crippen LogP contribution in [0.2, 0.25) is 0 Å². The van der Waals surface area contributed by atoms with Crippen LogP contribution in [0.3, 0.4) is 0 Å². The van der Waals surface area contributed by atoms with Crippen molar-refractivity contribution in [2.45, 2.75) is 46.2 Å². The first-order valence-electron chi connectivity index (χ1n) is 4.27. The summed E-state index contributed by atoms with van der Waals surface area (Å²) < 4.78 is 0. The maximum Gasteiger partial charge on any atom is 0.0558 e. The number of nitrogens with zero attached hydrogens (tertiary/aromatic N) is 1. The molecule has 0 rings (SSSR count). The first kappa shape index (κ1) is 10.9. The van der Waals surface area contributed by atoms with Crippen LogP contribution in [0.1, 0.15) is 34.6 Å². The lowest BCUT2D eigenvalue weighted by atomic mass is 10.0. The molecule has 0 fully saturated rings. The third kappa shape index (κ3) is 3.73. The van der Waals surface area contributed by atoms with Crippen molar-refractivity contribution in [3.63, 3.8) is 0 Å². The van der Waals surface area contributed by atoms with Gasteiger partial charge in [0.1, 0.15) is 0 Å². The predicted molar refractivity (Wildman–Crippen MR) is 48.7 cm³/mol. The highest BCUT2D eigenvalue weighted by Crippen LogP contribution is 2.15. The molecule has 0 saturated heterocycles. The second-order valence-corrected chi connectivity index (χ2v) is 4.18. The van der Waals surface area contributed by atoms with E-state index in [2.05, 4.69) is 39.5 Å². The quantitative estimate of drug-likeness (QED) is 0.674. The van der Waals surface area contributed by atoms with E-state index in [0.29, 0.717) is 6.04 Å². The summed E-state index contributed by atoms with van der Waals surface area (Å²) in [6.45, 7) is 11.8. The highest BCUT2D eigenvalue weighted by Gasteiger charge is 2.22. The van der Waals surface area contributed by atoms with Crippen LogP contribution >= 0.6 is 0 Å². The maximum absolute atomic E-state index is 8.81. The van der Waals surface area contributed by atoms with Crippen LogP contribution in [-0.4, -0.2) is 34.7 Å². The van der Waals surface area contributed by atoms with Crippen LogP contribution in [0.15, 0.2) is 0 Å². The molecule has 11 heavy (non-hydrogen) atoms. The molecule has 0 radical (unpaired) electrons. The SMILES string of the molecule is CC(C)N(CCO)C(C)(C)C. The molecule has 1 N–H and O–H groups in total. The van der Waals surface area contributed by atoms with Gasteiger partial charge in [-0.3, -0.25) is 4.90 Å². The molecule has 2 heteroatoms. The molecule has 0 amide bonds. The summed E-state index contributed by atoms with van der Waals surface area (Å²) in [5.74, 6) is 0. The number of aliphatic hydroxyl groups excluding tert-OH is 1. The van der Waals surface area contributed by atoms with Crippen molar-refractivity contribution >= 4 is 0 Å². The van der Waals surface area contributed by atoms with Gasteiger partial charge in [-0.2, -0.15) is 0 Å². The minimum atomic E-state index is 0.164. The highest BCUT2D eigenvalue weighted by molar-refractivity contribution is 4.78. The summed E-state index contributed by atoms with van der Waals surface area (Å²) in [6.07, 6.45) is 0. The first-order valence-corrected chi connectivity index (χ1v) is 4.27. The summed E-state index contributed by atoms with van der Waals surface area (Å²) in [4.78, 5) is 2.28. The molecule has 0 heterocycles. The van der Waals surface area contributed by atoms with Crippen molar-refractivity contribution in [1.29, 1.82) is 0 Å². The molecule has 0 spiro atoms. The van der Waals surface area contributed by atoms with E-state index in [1.165, 1.54) is 0 Å². The Kier molecular flexibility index (Phi) is 4.04. The van der Waals surface area contributed by atoms with Gasteiger partial charge >= 0.3 is 0 Å². The van der Waals surface area contributed by atoms with Crippen molar-refractivity contribution in [3.8, 4) is 0 Å². The molecular formula is C9H21NO. The second kappa shape index (κ2) is 4.07.